The highest BCUT2D eigenvalue weighted by Gasteiger charge is 2.15. The first kappa shape index (κ1) is 7.12. The normalized spacial score (nSPS) is 24.9. The van der Waals surface area contributed by atoms with Gasteiger partial charge in [0.2, 0.25) is 0 Å². The average Bonchev–Trinajstić information content (AvgIpc) is 1.88. The Balaban J connectivity index is 2.56. The number of hydrogen-bond donors (Lipinski definition) is 1. The fraction of sp³-hybridized carbons (Fsp3) is 0.571. The SMILES string of the molecule is CC1CCC(C(=O)O)=CO1. The standard InChI is InChI=1S/C7H10O3/c1-5-2-3-6(4-10-5)7(8)9/h4-5H,2-3H2,1H3,(H,8,9). The number of carboxylic acids is 1. The van der Waals surface area contributed by atoms with Crippen molar-refractivity contribution in [1.82, 2.24) is 0 Å². The summed E-state index contributed by atoms with van der Waals surface area (Å²) >= 11 is 0. The van der Waals surface area contributed by atoms with E-state index in [1.807, 2.05) is 6.92 Å². The first-order chi connectivity index (χ1) is 4.70. The molecule has 0 aromatic heterocycles. The number of carbonyl (C=O) groups is 1. The molecule has 0 aromatic rings. The lowest BCUT2D eigenvalue weighted by Gasteiger charge is -2.16. The van der Waals surface area contributed by atoms with Crippen molar-refractivity contribution in [3.05, 3.63) is 11.8 Å². The number of carboxylic acid groups (broad SMARTS) is 1. The molecule has 0 spiro atoms. The lowest BCUT2D eigenvalue weighted by atomic mass is 10.1. The van der Waals surface area contributed by atoms with Crippen LogP contribution in [0.5, 0.6) is 0 Å². The number of ether oxygens (including phenoxy) is 1. The van der Waals surface area contributed by atoms with Gasteiger partial charge in [0, 0.05) is 0 Å². The summed E-state index contributed by atoms with van der Waals surface area (Å²) < 4.78 is 5.01. The van der Waals surface area contributed by atoms with Crippen LogP contribution in [0.4, 0.5) is 0 Å². The highest BCUT2D eigenvalue weighted by Crippen LogP contribution is 2.16. The Kier molecular flexibility index (Phi) is 1.94. The van der Waals surface area contributed by atoms with Crippen LogP contribution in [0.2, 0.25) is 0 Å². The fourth-order valence-electron chi connectivity index (χ4n) is 0.841. The molecule has 0 aliphatic carbocycles. The number of rotatable bonds is 1. The van der Waals surface area contributed by atoms with Crippen LogP contribution in [-0.2, 0) is 9.53 Å². The summed E-state index contributed by atoms with van der Waals surface area (Å²) in [5.41, 5.74) is 0.373. The summed E-state index contributed by atoms with van der Waals surface area (Å²) in [4.78, 5) is 10.3. The molecule has 10 heavy (non-hydrogen) atoms. The Hall–Kier alpha value is -0.990. The summed E-state index contributed by atoms with van der Waals surface area (Å²) in [5.74, 6) is -0.869. The van der Waals surface area contributed by atoms with Gasteiger partial charge >= 0.3 is 5.97 Å². The van der Waals surface area contributed by atoms with Gasteiger partial charge in [-0.25, -0.2) is 4.79 Å². The van der Waals surface area contributed by atoms with Gasteiger partial charge in [0.1, 0.15) is 0 Å². The van der Waals surface area contributed by atoms with Gasteiger partial charge < -0.3 is 9.84 Å². The first-order valence-corrected chi connectivity index (χ1v) is 3.28. The van der Waals surface area contributed by atoms with Crippen LogP contribution in [0, 0.1) is 0 Å². The predicted molar refractivity (Wildman–Crippen MR) is 35.5 cm³/mol. The minimum Gasteiger partial charge on any atom is -0.498 e. The third kappa shape index (κ3) is 1.50. The third-order valence-corrected chi connectivity index (χ3v) is 1.54. The number of aliphatic carboxylic acids is 1. The predicted octanol–water partition coefficient (Wildman–Crippen LogP) is 1.15. The molecule has 0 saturated carbocycles. The van der Waals surface area contributed by atoms with E-state index in [-0.39, 0.29) is 6.10 Å². The van der Waals surface area contributed by atoms with Crippen molar-refractivity contribution in [1.29, 1.82) is 0 Å². The smallest absolute Gasteiger partial charge is 0.334 e. The van der Waals surface area contributed by atoms with E-state index in [0.29, 0.717) is 12.0 Å². The van der Waals surface area contributed by atoms with Crippen LogP contribution in [0.1, 0.15) is 19.8 Å². The molecule has 1 N–H and O–H groups in total. The molecular weight excluding hydrogens is 132 g/mol. The Bertz CT molecular complexity index is 172. The van der Waals surface area contributed by atoms with Gasteiger partial charge in [-0.15, -0.1) is 0 Å². The lowest BCUT2D eigenvalue weighted by Crippen LogP contribution is -2.14. The molecule has 1 unspecified atom stereocenters. The van der Waals surface area contributed by atoms with Gasteiger partial charge in [-0.1, -0.05) is 0 Å². The zero-order chi connectivity index (χ0) is 7.56. The van der Waals surface area contributed by atoms with E-state index in [0.717, 1.165) is 6.42 Å². The third-order valence-electron chi connectivity index (χ3n) is 1.54. The number of hydrogen-bond acceptors (Lipinski definition) is 2. The van der Waals surface area contributed by atoms with Crippen LogP contribution in [0.3, 0.4) is 0 Å². The Morgan fingerprint density at radius 2 is 2.60 bits per heavy atom. The van der Waals surface area contributed by atoms with Crippen LogP contribution in [0.15, 0.2) is 11.8 Å². The zero-order valence-corrected chi connectivity index (χ0v) is 5.83. The Morgan fingerprint density at radius 1 is 1.90 bits per heavy atom. The minimum absolute atomic E-state index is 0.170. The van der Waals surface area contributed by atoms with Gasteiger partial charge in [-0.2, -0.15) is 0 Å². The van der Waals surface area contributed by atoms with Gasteiger partial charge in [-0.05, 0) is 19.8 Å². The summed E-state index contributed by atoms with van der Waals surface area (Å²) in [6.45, 7) is 1.93. The zero-order valence-electron chi connectivity index (χ0n) is 5.83. The summed E-state index contributed by atoms with van der Waals surface area (Å²) in [7, 11) is 0. The van der Waals surface area contributed by atoms with Crippen LogP contribution >= 0.6 is 0 Å². The van der Waals surface area contributed by atoms with Crippen molar-refractivity contribution in [3.63, 3.8) is 0 Å². The molecule has 3 nitrogen and oxygen atoms in total. The maximum absolute atomic E-state index is 10.3. The van der Waals surface area contributed by atoms with Crippen LogP contribution < -0.4 is 0 Å². The fourth-order valence-corrected chi connectivity index (χ4v) is 0.841. The largest absolute Gasteiger partial charge is 0.498 e. The molecule has 1 heterocycles. The molecule has 1 atom stereocenters. The second-order valence-electron chi connectivity index (χ2n) is 2.43. The summed E-state index contributed by atoms with van der Waals surface area (Å²) in [6, 6.07) is 0. The Morgan fingerprint density at radius 3 is 3.00 bits per heavy atom. The molecule has 0 radical (unpaired) electrons. The van der Waals surface area contributed by atoms with E-state index >= 15 is 0 Å². The van der Waals surface area contributed by atoms with Crippen molar-refractivity contribution in [2.24, 2.45) is 0 Å². The second-order valence-corrected chi connectivity index (χ2v) is 2.43. The van der Waals surface area contributed by atoms with Gasteiger partial charge in [0.05, 0.1) is 17.9 Å². The molecule has 0 fully saturated rings. The highest BCUT2D eigenvalue weighted by atomic mass is 16.5. The van der Waals surface area contributed by atoms with Crippen LogP contribution in [-0.4, -0.2) is 17.2 Å². The van der Waals surface area contributed by atoms with Gasteiger partial charge in [0.15, 0.2) is 0 Å². The van der Waals surface area contributed by atoms with Crippen molar-refractivity contribution in [2.75, 3.05) is 0 Å². The van der Waals surface area contributed by atoms with Gasteiger partial charge in [0.25, 0.3) is 0 Å². The molecule has 1 aliphatic heterocycles. The quantitative estimate of drug-likeness (QED) is 0.597. The summed E-state index contributed by atoms with van der Waals surface area (Å²) in [5, 5.41) is 8.48. The molecule has 0 bridgehead atoms. The van der Waals surface area contributed by atoms with Crippen LogP contribution in [0.25, 0.3) is 0 Å². The molecule has 1 rings (SSSR count). The summed E-state index contributed by atoms with van der Waals surface area (Å²) in [6.07, 6.45) is 2.94. The lowest BCUT2D eigenvalue weighted by molar-refractivity contribution is -0.133. The van der Waals surface area contributed by atoms with Gasteiger partial charge in [-0.3, -0.25) is 0 Å². The van der Waals surface area contributed by atoms with E-state index in [1.165, 1.54) is 6.26 Å². The molecule has 0 aromatic carbocycles. The van der Waals surface area contributed by atoms with E-state index in [4.69, 9.17) is 9.84 Å². The van der Waals surface area contributed by atoms with Crippen molar-refractivity contribution < 1.29 is 14.6 Å². The van der Waals surface area contributed by atoms with E-state index < -0.39 is 5.97 Å². The maximum Gasteiger partial charge on any atom is 0.334 e. The minimum atomic E-state index is -0.869. The average molecular weight is 142 g/mol. The molecule has 3 heteroatoms. The first-order valence-electron chi connectivity index (χ1n) is 3.28. The van der Waals surface area contributed by atoms with Crippen molar-refractivity contribution in [3.8, 4) is 0 Å². The molecular formula is C7H10O3. The maximum atomic E-state index is 10.3. The van der Waals surface area contributed by atoms with Crippen molar-refractivity contribution >= 4 is 5.97 Å². The van der Waals surface area contributed by atoms with E-state index in [1.54, 1.807) is 0 Å². The highest BCUT2D eigenvalue weighted by molar-refractivity contribution is 5.86. The second kappa shape index (κ2) is 2.73. The molecule has 56 valence electrons. The molecule has 0 saturated heterocycles. The van der Waals surface area contributed by atoms with E-state index in [9.17, 15) is 4.79 Å². The Labute approximate surface area is 59.3 Å². The van der Waals surface area contributed by atoms with E-state index in [2.05, 4.69) is 0 Å². The molecule has 1 aliphatic rings. The molecule has 0 amide bonds. The van der Waals surface area contributed by atoms with Crippen molar-refractivity contribution in [2.45, 2.75) is 25.9 Å². The topological polar surface area (TPSA) is 46.5 Å². The monoisotopic (exact) mass is 142 g/mol.